The second-order valence-electron chi connectivity index (χ2n) is 11.8. The summed E-state index contributed by atoms with van der Waals surface area (Å²) in [4.78, 5) is 19.2. The molecule has 2 aliphatic heterocycles. The number of aliphatic hydroxyl groups excluding tert-OH is 1. The highest BCUT2D eigenvalue weighted by molar-refractivity contribution is 6.80. The van der Waals surface area contributed by atoms with Gasteiger partial charge in [-0.2, -0.15) is 0 Å². The maximum absolute atomic E-state index is 14.2. The van der Waals surface area contributed by atoms with Gasteiger partial charge in [0, 0.05) is 38.6 Å². The Labute approximate surface area is 263 Å². The molecule has 8 nitrogen and oxygen atoms in total. The third-order valence-corrected chi connectivity index (χ3v) is 9.10. The van der Waals surface area contributed by atoms with Crippen molar-refractivity contribution in [3.8, 4) is 11.5 Å². The van der Waals surface area contributed by atoms with Crippen molar-refractivity contribution in [3.05, 3.63) is 131 Å². The summed E-state index contributed by atoms with van der Waals surface area (Å²) < 4.78 is 0. The number of ketones is 1. The summed E-state index contributed by atoms with van der Waals surface area (Å²) in [7, 11) is 0. The average Bonchev–Trinajstić information content (AvgIpc) is 3.08. The molecule has 9 rings (SSSR count). The molecule has 0 saturated carbocycles. The van der Waals surface area contributed by atoms with Gasteiger partial charge in [-0.1, -0.05) is 72.8 Å². The Bertz CT molecular complexity index is 2460. The van der Waals surface area contributed by atoms with Crippen molar-refractivity contribution >= 4 is 80.4 Å². The Hall–Kier alpha value is -6.15. The quantitative estimate of drug-likeness (QED) is 0.171. The minimum Gasteiger partial charge on any atom is -0.508 e. The van der Waals surface area contributed by atoms with Crippen molar-refractivity contribution in [1.29, 1.82) is 0 Å². The summed E-state index contributed by atoms with van der Waals surface area (Å²) in [6.07, 6.45) is 0. The number of hydrogen-bond acceptors (Lipinski definition) is 8. The van der Waals surface area contributed by atoms with Crippen LogP contribution in [0, 0.1) is 0 Å². The molecule has 1 aliphatic carbocycles. The lowest BCUT2D eigenvalue weighted by atomic mass is 9.65. The number of aliphatic hydroxyl groups is 1. The van der Waals surface area contributed by atoms with E-state index in [4.69, 9.17) is 4.90 Å². The lowest BCUT2D eigenvalue weighted by Crippen LogP contribution is -2.48. The summed E-state index contributed by atoms with van der Waals surface area (Å²) in [6, 6.07) is 33.4. The molecular weight excluding hydrogens is 574 g/mol. The number of aromatic hydroxyl groups is 2. The fourth-order valence-electron chi connectivity index (χ4n) is 6.87. The molecule has 6 aromatic carbocycles. The van der Waals surface area contributed by atoms with Gasteiger partial charge in [-0.25, -0.2) is 0 Å². The molecule has 0 saturated heterocycles. The normalized spacial score (nSPS) is 16.0. The highest BCUT2D eigenvalue weighted by Gasteiger charge is 2.39. The molecule has 10 heteroatoms. The number of phenolic OH excluding ortho intramolecular Hbond substituents is 2. The van der Waals surface area contributed by atoms with E-state index in [1.807, 2.05) is 84.9 Å². The SMILES string of the molecule is O=C1C(c2ccc3cccc4c3c2NB(c2ccc(O)cc2)N4)=C(O)/C1=c1\ccc2cccc3c2c1=NB(c1ccc(O)cc1)N3. The number of nitrogens with one attached hydrogen (secondary N) is 3. The van der Waals surface area contributed by atoms with E-state index in [-0.39, 0.29) is 41.2 Å². The third-order valence-electron chi connectivity index (χ3n) is 9.10. The van der Waals surface area contributed by atoms with E-state index in [9.17, 15) is 20.1 Å². The number of nitrogens with zero attached hydrogens (tertiary/aromatic N) is 1. The van der Waals surface area contributed by atoms with Crippen LogP contribution >= 0.6 is 0 Å². The van der Waals surface area contributed by atoms with E-state index < -0.39 is 6.98 Å². The Morgan fingerprint density at radius 2 is 1.22 bits per heavy atom. The van der Waals surface area contributed by atoms with Crippen molar-refractivity contribution in [1.82, 2.24) is 0 Å². The molecule has 46 heavy (non-hydrogen) atoms. The molecule has 2 heterocycles. The average molecular weight is 598 g/mol. The summed E-state index contributed by atoms with van der Waals surface area (Å²) in [6.45, 7) is -0.772. The fraction of sp³-hybridized carbons (Fsp3) is 0. The molecule has 0 aromatic heterocycles. The first-order valence-electron chi connectivity index (χ1n) is 15.0. The topological polar surface area (TPSA) is 126 Å². The molecule has 0 amide bonds. The lowest BCUT2D eigenvalue weighted by molar-refractivity contribution is -0.109. The molecule has 3 aliphatic rings. The van der Waals surface area contributed by atoms with Gasteiger partial charge in [0.2, 0.25) is 5.78 Å². The van der Waals surface area contributed by atoms with Crippen LogP contribution in [0.3, 0.4) is 0 Å². The maximum Gasteiger partial charge on any atom is 0.427 e. The van der Waals surface area contributed by atoms with Gasteiger partial charge in [0.15, 0.2) is 0 Å². The Kier molecular flexibility index (Phi) is 5.52. The lowest BCUT2D eigenvalue weighted by Gasteiger charge is -2.31. The molecule has 0 fully saturated rings. The smallest absolute Gasteiger partial charge is 0.427 e. The largest absolute Gasteiger partial charge is 0.508 e. The second-order valence-corrected chi connectivity index (χ2v) is 11.8. The standard InChI is InChI=1S/C36H24B2N4O4/c43-23-13-9-21(10-14-23)37-39-27-5-1-3-19-7-17-25(33(41-37)29(19)27)31-35(45)32(36(31)46)26-18-8-20-4-2-6-28-30(20)34(26)42-38(40-28)22-11-15-24(44)16-12-22/h1-18,39-41,43-45H/b32-26-. The van der Waals surface area contributed by atoms with Crippen molar-refractivity contribution in [2.75, 3.05) is 15.7 Å². The van der Waals surface area contributed by atoms with Crippen LogP contribution in [0.4, 0.5) is 17.1 Å². The van der Waals surface area contributed by atoms with E-state index in [1.54, 1.807) is 24.3 Å². The summed E-state index contributed by atoms with van der Waals surface area (Å²) >= 11 is 0. The Morgan fingerprint density at radius 3 is 1.91 bits per heavy atom. The van der Waals surface area contributed by atoms with Crippen LogP contribution < -0.4 is 37.2 Å². The highest BCUT2D eigenvalue weighted by atomic mass is 16.3. The Balaban J connectivity index is 1.24. The summed E-state index contributed by atoms with van der Waals surface area (Å²) in [5.41, 5.74) is 5.41. The van der Waals surface area contributed by atoms with E-state index in [1.165, 1.54) is 0 Å². The van der Waals surface area contributed by atoms with Crippen LogP contribution in [0.1, 0.15) is 5.56 Å². The maximum atomic E-state index is 14.2. The van der Waals surface area contributed by atoms with Crippen LogP contribution in [0.2, 0.25) is 0 Å². The first-order valence-corrected chi connectivity index (χ1v) is 15.0. The van der Waals surface area contributed by atoms with Crippen LogP contribution in [-0.4, -0.2) is 35.1 Å². The third kappa shape index (κ3) is 3.83. The van der Waals surface area contributed by atoms with Gasteiger partial charge >= 0.3 is 14.0 Å². The zero-order chi connectivity index (χ0) is 31.1. The predicted molar refractivity (Wildman–Crippen MR) is 184 cm³/mol. The molecule has 218 valence electrons. The first-order chi connectivity index (χ1) is 22.4. The molecule has 0 bridgehead atoms. The predicted octanol–water partition coefficient (Wildman–Crippen LogP) is 3.78. The minimum absolute atomic E-state index is 0.0670. The number of Topliss-reactive ketones (excluding diaryl/α,β-unsaturated/α-hetero) is 1. The molecule has 0 radical (unpaired) electrons. The van der Waals surface area contributed by atoms with Gasteiger partial charge < -0.3 is 35.9 Å². The van der Waals surface area contributed by atoms with Crippen LogP contribution in [0.15, 0.2) is 120 Å². The van der Waals surface area contributed by atoms with Crippen molar-refractivity contribution < 1.29 is 20.1 Å². The van der Waals surface area contributed by atoms with Crippen molar-refractivity contribution in [3.63, 3.8) is 0 Å². The molecule has 0 spiro atoms. The monoisotopic (exact) mass is 598 g/mol. The van der Waals surface area contributed by atoms with E-state index in [0.29, 0.717) is 16.1 Å². The molecule has 0 unspecified atom stereocenters. The number of rotatable bonds is 3. The zero-order valence-corrected chi connectivity index (χ0v) is 24.2. The number of allylic oxidation sites excluding steroid dienone is 2. The Morgan fingerprint density at radius 1 is 0.587 bits per heavy atom. The van der Waals surface area contributed by atoms with Gasteiger partial charge in [0.1, 0.15) is 17.3 Å². The highest BCUT2D eigenvalue weighted by Crippen LogP contribution is 2.45. The van der Waals surface area contributed by atoms with E-state index in [2.05, 4.69) is 15.7 Å². The zero-order valence-electron chi connectivity index (χ0n) is 24.2. The van der Waals surface area contributed by atoms with Crippen molar-refractivity contribution in [2.24, 2.45) is 4.90 Å². The van der Waals surface area contributed by atoms with Crippen LogP contribution in [0.5, 0.6) is 11.5 Å². The van der Waals surface area contributed by atoms with Crippen molar-refractivity contribution in [2.45, 2.75) is 0 Å². The number of anilines is 3. The number of carbonyl (C=O) groups is 1. The van der Waals surface area contributed by atoms with E-state index in [0.717, 1.165) is 49.5 Å². The second kappa shape index (κ2) is 9.67. The van der Waals surface area contributed by atoms with Gasteiger partial charge in [-0.05, 0) is 58.1 Å². The van der Waals surface area contributed by atoms with Gasteiger partial charge in [-0.3, -0.25) is 4.79 Å². The van der Waals surface area contributed by atoms with Gasteiger partial charge in [0.25, 0.3) is 0 Å². The molecule has 6 aromatic rings. The number of carbonyl (C=O) groups excluding carboxylic acids is 1. The molecule has 0 atom stereocenters. The van der Waals surface area contributed by atoms with Crippen LogP contribution in [0.25, 0.3) is 32.7 Å². The first kappa shape index (κ1) is 26.3. The molecular formula is C36H24B2N4O4. The summed E-state index contributed by atoms with van der Waals surface area (Å²) in [5, 5.41) is 46.9. The van der Waals surface area contributed by atoms with Crippen LogP contribution in [-0.2, 0) is 4.79 Å². The van der Waals surface area contributed by atoms with E-state index >= 15 is 0 Å². The number of hydrogen-bond donors (Lipinski definition) is 6. The number of phenols is 2. The fourth-order valence-corrected chi connectivity index (χ4v) is 6.87. The minimum atomic E-state index is -0.446. The van der Waals surface area contributed by atoms with Gasteiger partial charge in [0.05, 0.1) is 16.5 Å². The summed E-state index contributed by atoms with van der Waals surface area (Å²) in [5.74, 6) is 0.0239. The number of benzene rings is 6. The van der Waals surface area contributed by atoms with Gasteiger partial charge in [-0.15, -0.1) is 0 Å². The molecule has 6 N–H and O–H groups in total.